The van der Waals surface area contributed by atoms with Gasteiger partial charge in [0.25, 0.3) is 5.56 Å². The normalized spacial score (nSPS) is 11.1. The third kappa shape index (κ3) is 4.42. The van der Waals surface area contributed by atoms with Crippen LogP contribution in [0.5, 0.6) is 5.75 Å². The zero-order valence-corrected chi connectivity index (χ0v) is 17.8. The average molecular weight is 435 g/mol. The van der Waals surface area contributed by atoms with E-state index in [2.05, 4.69) is 9.97 Å². The largest absolute Gasteiger partial charge is 0.492 e. The molecule has 32 heavy (non-hydrogen) atoms. The van der Waals surface area contributed by atoms with E-state index in [-0.39, 0.29) is 17.8 Å². The fourth-order valence-electron chi connectivity index (χ4n) is 3.62. The number of fused-ring (bicyclic) bond motifs is 1. The Kier molecular flexibility index (Phi) is 6.37. The zero-order chi connectivity index (χ0) is 22.5. The predicted molar refractivity (Wildman–Crippen MR) is 122 cm³/mol. The lowest BCUT2D eigenvalue weighted by Crippen LogP contribution is -2.31. The fraction of sp³-hybridized carbons (Fsp3) is 0.261. The number of aliphatic hydroxyl groups is 1. The van der Waals surface area contributed by atoms with E-state index in [0.717, 1.165) is 11.3 Å². The number of imidazole rings is 1. The summed E-state index contributed by atoms with van der Waals surface area (Å²) < 4.78 is 8.90. The molecule has 0 bridgehead atoms. The molecular weight excluding hydrogens is 410 g/mol. The number of hydrogen-bond donors (Lipinski definition) is 2. The van der Waals surface area contributed by atoms with Crippen LogP contribution in [-0.4, -0.2) is 44.0 Å². The first kappa shape index (κ1) is 21.4. The van der Waals surface area contributed by atoms with Gasteiger partial charge in [0.1, 0.15) is 12.4 Å². The Morgan fingerprint density at radius 3 is 2.44 bits per heavy atom. The molecule has 2 N–H and O–H groups in total. The van der Waals surface area contributed by atoms with E-state index >= 15 is 0 Å². The van der Waals surface area contributed by atoms with Gasteiger partial charge < -0.3 is 19.3 Å². The summed E-state index contributed by atoms with van der Waals surface area (Å²) in [5.41, 5.74) is 0.559. The topological polar surface area (TPSA) is 105 Å². The van der Waals surface area contributed by atoms with Crippen molar-refractivity contribution in [2.75, 3.05) is 24.7 Å². The average Bonchev–Trinajstić information content (AvgIpc) is 3.19. The minimum Gasteiger partial charge on any atom is -0.492 e. The van der Waals surface area contributed by atoms with Crippen LogP contribution in [0.25, 0.3) is 11.2 Å². The summed E-state index contributed by atoms with van der Waals surface area (Å²) in [6.07, 6.45) is 0. The van der Waals surface area contributed by atoms with Gasteiger partial charge in [-0.3, -0.25) is 14.3 Å². The van der Waals surface area contributed by atoms with Crippen molar-refractivity contribution in [1.82, 2.24) is 19.1 Å². The van der Waals surface area contributed by atoms with Crippen molar-refractivity contribution in [3.8, 4) is 5.75 Å². The van der Waals surface area contributed by atoms with Crippen LogP contribution in [0, 0.1) is 0 Å². The molecule has 9 nitrogen and oxygen atoms in total. The van der Waals surface area contributed by atoms with E-state index in [1.54, 1.807) is 11.6 Å². The van der Waals surface area contributed by atoms with Gasteiger partial charge in [-0.2, -0.15) is 4.98 Å². The third-order valence-corrected chi connectivity index (χ3v) is 5.18. The first-order valence-corrected chi connectivity index (χ1v) is 10.4. The molecule has 2 aromatic carbocycles. The molecule has 4 rings (SSSR count). The van der Waals surface area contributed by atoms with E-state index in [9.17, 15) is 14.7 Å². The van der Waals surface area contributed by atoms with Crippen molar-refractivity contribution in [3.05, 3.63) is 87.1 Å². The van der Waals surface area contributed by atoms with E-state index in [1.165, 1.54) is 4.57 Å². The number of nitrogens with zero attached hydrogens (tertiary/aromatic N) is 4. The summed E-state index contributed by atoms with van der Waals surface area (Å²) in [4.78, 5) is 33.7. The molecule has 166 valence electrons. The number of aromatic nitrogens is 4. The fourth-order valence-corrected chi connectivity index (χ4v) is 3.62. The lowest BCUT2D eigenvalue weighted by molar-refractivity contribution is 0.294. The lowest BCUT2D eigenvalue weighted by atomic mass is 10.2. The molecule has 0 atom stereocenters. The summed E-state index contributed by atoms with van der Waals surface area (Å²) in [7, 11) is 1.57. The molecule has 2 heterocycles. The van der Waals surface area contributed by atoms with Crippen LogP contribution in [0.3, 0.4) is 0 Å². The van der Waals surface area contributed by atoms with Crippen molar-refractivity contribution in [3.63, 3.8) is 0 Å². The Morgan fingerprint density at radius 2 is 1.75 bits per heavy atom. The number of aliphatic hydroxyl groups excluding tert-OH is 1. The molecule has 0 spiro atoms. The molecule has 0 amide bonds. The molecule has 9 heteroatoms. The van der Waals surface area contributed by atoms with Crippen LogP contribution in [-0.2, 0) is 20.1 Å². The second-order valence-electron chi connectivity index (χ2n) is 7.35. The van der Waals surface area contributed by atoms with Crippen molar-refractivity contribution >= 4 is 17.1 Å². The third-order valence-electron chi connectivity index (χ3n) is 5.18. The first-order chi connectivity index (χ1) is 15.6. The van der Waals surface area contributed by atoms with Gasteiger partial charge >= 0.3 is 5.69 Å². The number of nitrogens with one attached hydrogen (secondary N) is 1. The number of aryl methyl sites for hydroxylation is 1. The number of H-pyrrole nitrogens is 1. The maximum absolute atomic E-state index is 12.7. The Bertz CT molecular complexity index is 1300. The Labute approximate surface area is 184 Å². The number of rotatable bonds is 9. The summed E-state index contributed by atoms with van der Waals surface area (Å²) in [5.74, 6) is 1.21. The van der Waals surface area contributed by atoms with Gasteiger partial charge in [0.05, 0.1) is 13.2 Å². The van der Waals surface area contributed by atoms with Crippen molar-refractivity contribution in [2.24, 2.45) is 7.05 Å². The van der Waals surface area contributed by atoms with Crippen LogP contribution >= 0.6 is 0 Å². The minimum atomic E-state index is -0.531. The zero-order valence-electron chi connectivity index (χ0n) is 17.8. The number of aromatic amines is 1. The smallest absolute Gasteiger partial charge is 0.329 e. The molecule has 0 saturated carbocycles. The van der Waals surface area contributed by atoms with E-state index in [4.69, 9.17) is 4.74 Å². The Balaban J connectivity index is 1.76. The number of anilines is 1. The number of hydrogen-bond acceptors (Lipinski definition) is 6. The maximum atomic E-state index is 12.7. The highest BCUT2D eigenvalue weighted by molar-refractivity contribution is 5.74. The second-order valence-corrected chi connectivity index (χ2v) is 7.35. The van der Waals surface area contributed by atoms with Crippen molar-refractivity contribution in [1.29, 1.82) is 0 Å². The minimum absolute atomic E-state index is 0.0914. The van der Waals surface area contributed by atoms with Gasteiger partial charge in [-0.15, -0.1) is 0 Å². The Morgan fingerprint density at radius 1 is 1.06 bits per heavy atom. The lowest BCUT2D eigenvalue weighted by Gasteiger charge is -2.24. The summed E-state index contributed by atoms with van der Waals surface area (Å²) >= 11 is 0. The van der Waals surface area contributed by atoms with Gasteiger partial charge in [-0.1, -0.05) is 48.5 Å². The van der Waals surface area contributed by atoms with Crippen LogP contribution in [0.1, 0.15) is 5.56 Å². The molecule has 4 aromatic rings. The molecule has 0 unspecified atom stereocenters. The van der Waals surface area contributed by atoms with Gasteiger partial charge in [0.15, 0.2) is 11.2 Å². The standard InChI is InChI=1S/C23H25N5O4/c1-26-20-19(21(30)25-23(26)31)28(13-15-32-18-10-6-3-7-11-18)22(24-20)27(12-14-29)16-17-8-4-2-5-9-17/h2-11,29H,12-16H2,1H3,(H,25,30,31). The highest BCUT2D eigenvalue weighted by Gasteiger charge is 2.21. The van der Waals surface area contributed by atoms with Gasteiger partial charge in [0, 0.05) is 20.1 Å². The monoisotopic (exact) mass is 435 g/mol. The SMILES string of the molecule is Cn1c(=O)[nH]c(=O)c2c1nc(N(CCO)Cc1ccccc1)n2CCOc1ccccc1. The quantitative estimate of drug-likeness (QED) is 0.413. The van der Waals surface area contributed by atoms with Crippen LogP contribution < -0.4 is 20.9 Å². The molecular formula is C23H25N5O4. The van der Waals surface area contributed by atoms with Gasteiger partial charge in [0.2, 0.25) is 5.95 Å². The van der Waals surface area contributed by atoms with Crippen molar-refractivity contribution in [2.45, 2.75) is 13.1 Å². The molecule has 0 fully saturated rings. The molecule has 0 radical (unpaired) electrons. The highest BCUT2D eigenvalue weighted by Crippen LogP contribution is 2.21. The molecule has 0 aliphatic rings. The summed E-state index contributed by atoms with van der Waals surface area (Å²) in [6, 6.07) is 19.2. The summed E-state index contributed by atoms with van der Waals surface area (Å²) in [6.45, 7) is 1.33. The van der Waals surface area contributed by atoms with Crippen LogP contribution in [0.4, 0.5) is 5.95 Å². The van der Waals surface area contributed by atoms with E-state index < -0.39 is 11.2 Å². The molecule has 2 aromatic heterocycles. The highest BCUT2D eigenvalue weighted by atomic mass is 16.5. The number of para-hydroxylation sites is 1. The van der Waals surface area contributed by atoms with E-state index in [0.29, 0.717) is 32.2 Å². The van der Waals surface area contributed by atoms with Crippen molar-refractivity contribution < 1.29 is 9.84 Å². The van der Waals surface area contributed by atoms with E-state index in [1.807, 2.05) is 65.6 Å². The Hall–Kier alpha value is -3.85. The van der Waals surface area contributed by atoms with Gasteiger partial charge in [-0.25, -0.2) is 4.79 Å². The maximum Gasteiger partial charge on any atom is 0.329 e. The molecule has 0 aliphatic heterocycles. The van der Waals surface area contributed by atoms with Crippen LogP contribution in [0.15, 0.2) is 70.3 Å². The van der Waals surface area contributed by atoms with Gasteiger partial charge in [-0.05, 0) is 17.7 Å². The first-order valence-electron chi connectivity index (χ1n) is 10.4. The predicted octanol–water partition coefficient (Wildman–Crippen LogP) is 1.50. The number of benzene rings is 2. The van der Waals surface area contributed by atoms with Crippen LogP contribution in [0.2, 0.25) is 0 Å². The summed E-state index contributed by atoms with van der Waals surface area (Å²) in [5, 5.41) is 9.69. The molecule has 0 saturated heterocycles. The number of ether oxygens (including phenoxy) is 1. The molecule has 0 aliphatic carbocycles. The second kappa shape index (κ2) is 9.52.